The minimum Gasteiger partial charge on any atom is -0.495 e. The van der Waals surface area contributed by atoms with Crippen molar-refractivity contribution in [1.82, 2.24) is 4.98 Å². The van der Waals surface area contributed by atoms with Crippen molar-refractivity contribution in [2.45, 2.75) is 6.42 Å². The maximum Gasteiger partial charge on any atom is 0.259 e. The largest absolute Gasteiger partial charge is 0.495 e. The predicted octanol–water partition coefficient (Wildman–Crippen LogP) is 6.20. The molecule has 1 aromatic heterocycles. The second-order valence-electron chi connectivity index (χ2n) is 6.38. The Labute approximate surface area is 184 Å². The zero-order valence-electron chi connectivity index (χ0n) is 15.4. The number of rotatable bonds is 5. The summed E-state index contributed by atoms with van der Waals surface area (Å²) in [6.45, 7) is 0. The number of carbonyl (C=O) groups excluding carboxylic acids is 1. The molecule has 146 valence electrons. The first-order chi connectivity index (χ1) is 14.0. The summed E-state index contributed by atoms with van der Waals surface area (Å²) in [5, 5.41) is 2.90. The van der Waals surface area contributed by atoms with Gasteiger partial charge < -0.3 is 14.5 Å². The van der Waals surface area contributed by atoms with Crippen LogP contribution in [0, 0.1) is 0 Å². The van der Waals surface area contributed by atoms with Crippen LogP contribution in [0.25, 0.3) is 11.1 Å². The third-order valence-electron chi connectivity index (χ3n) is 4.35. The van der Waals surface area contributed by atoms with Crippen molar-refractivity contribution < 1.29 is 13.9 Å². The number of nitrogens with one attached hydrogen (secondary N) is 1. The van der Waals surface area contributed by atoms with Gasteiger partial charge in [-0.05, 0) is 51.8 Å². The second kappa shape index (κ2) is 8.39. The molecule has 3 aromatic carbocycles. The molecule has 0 bridgehead atoms. The normalized spacial score (nSPS) is 10.9. The molecule has 4 aromatic rings. The summed E-state index contributed by atoms with van der Waals surface area (Å²) in [5.41, 5.74) is 3.53. The van der Waals surface area contributed by atoms with E-state index in [1.54, 1.807) is 24.3 Å². The Morgan fingerprint density at radius 2 is 1.90 bits per heavy atom. The van der Waals surface area contributed by atoms with Crippen LogP contribution in [0.1, 0.15) is 21.8 Å². The number of fused-ring (bicyclic) bond motifs is 1. The number of nitrogens with zero attached hydrogens (tertiary/aromatic N) is 1. The van der Waals surface area contributed by atoms with Gasteiger partial charge in [-0.1, -0.05) is 46.3 Å². The first-order valence-corrected chi connectivity index (χ1v) is 10.4. The molecule has 1 amide bonds. The van der Waals surface area contributed by atoms with Crippen LogP contribution < -0.4 is 10.1 Å². The lowest BCUT2D eigenvalue weighted by Crippen LogP contribution is -2.13. The van der Waals surface area contributed by atoms with Gasteiger partial charge in [0.05, 0.1) is 17.1 Å². The van der Waals surface area contributed by atoms with Crippen molar-refractivity contribution in [3.05, 3.63) is 86.6 Å². The molecule has 0 aliphatic rings. The average molecular weight is 516 g/mol. The smallest absolute Gasteiger partial charge is 0.259 e. The van der Waals surface area contributed by atoms with Crippen molar-refractivity contribution in [3.8, 4) is 5.75 Å². The van der Waals surface area contributed by atoms with Gasteiger partial charge in [0.25, 0.3) is 5.91 Å². The van der Waals surface area contributed by atoms with E-state index in [1.807, 2.05) is 36.4 Å². The van der Waals surface area contributed by atoms with Gasteiger partial charge in [0.15, 0.2) is 11.5 Å². The Hall–Kier alpha value is -2.64. The van der Waals surface area contributed by atoms with E-state index in [4.69, 9.17) is 9.15 Å². The first-order valence-electron chi connectivity index (χ1n) is 8.81. The fourth-order valence-corrected chi connectivity index (χ4v) is 4.42. The molecule has 0 saturated heterocycles. The quantitative estimate of drug-likeness (QED) is 0.343. The predicted molar refractivity (Wildman–Crippen MR) is 120 cm³/mol. The van der Waals surface area contributed by atoms with E-state index in [2.05, 4.69) is 42.2 Å². The van der Waals surface area contributed by atoms with Crippen molar-refractivity contribution >= 4 is 54.6 Å². The third-order valence-corrected chi connectivity index (χ3v) is 5.39. The average Bonchev–Trinajstić information content (AvgIpc) is 3.09. The van der Waals surface area contributed by atoms with Gasteiger partial charge in [0.1, 0.15) is 11.3 Å². The van der Waals surface area contributed by atoms with Crippen molar-refractivity contribution in [2.24, 2.45) is 0 Å². The Balaban J connectivity index is 1.58. The highest BCUT2D eigenvalue weighted by Gasteiger charge is 2.17. The number of amides is 1. The number of hydrogen-bond donors (Lipinski definition) is 1. The van der Waals surface area contributed by atoms with Gasteiger partial charge in [-0.2, -0.15) is 0 Å². The van der Waals surface area contributed by atoms with Gasteiger partial charge in [-0.3, -0.25) is 4.79 Å². The van der Waals surface area contributed by atoms with E-state index >= 15 is 0 Å². The van der Waals surface area contributed by atoms with Crippen LogP contribution >= 0.6 is 31.9 Å². The highest BCUT2D eigenvalue weighted by Crippen LogP contribution is 2.33. The highest BCUT2D eigenvalue weighted by molar-refractivity contribution is 9.11. The summed E-state index contributed by atoms with van der Waals surface area (Å²) in [6.07, 6.45) is 0.612. The lowest BCUT2D eigenvalue weighted by atomic mass is 10.1. The van der Waals surface area contributed by atoms with E-state index in [9.17, 15) is 4.79 Å². The zero-order chi connectivity index (χ0) is 20.4. The molecule has 0 aliphatic heterocycles. The number of anilines is 1. The van der Waals surface area contributed by atoms with E-state index in [0.29, 0.717) is 44.9 Å². The lowest BCUT2D eigenvalue weighted by molar-refractivity contribution is 0.102. The molecule has 5 nitrogen and oxygen atoms in total. The van der Waals surface area contributed by atoms with Crippen LogP contribution in [-0.2, 0) is 6.42 Å². The number of hydrogen-bond acceptors (Lipinski definition) is 4. The molecular weight excluding hydrogens is 500 g/mol. The monoisotopic (exact) mass is 514 g/mol. The number of ether oxygens (including phenoxy) is 1. The van der Waals surface area contributed by atoms with Gasteiger partial charge in [-0.15, -0.1) is 0 Å². The second-order valence-corrected chi connectivity index (χ2v) is 8.15. The molecule has 0 unspecified atom stereocenters. The van der Waals surface area contributed by atoms with Crippen LogP contribution in [0.4, 0.5) is 5.69 Å². The van der Waals surface area contributed by atoms with Crippen molar-refractivity contribution in [1.29, 1.82) is 0 Å². The fourth-order valence-electron chi connectivity index (χ4n) is 3.03. The Morgan fingerprint density at radius 1 is 1.10 bits per heavy atom. The van der Waals surface area contributed by atoms with Crippen LogP contribution in [0.2, 0.25) is 0 Å². The molecule has 0 radical (unpaired) electrons. The first kappa shape index (κ1) is 19.7. The molecule has 1 heterocycles. The standard InChI is InChI=1S/C22H16Br2N2O3/c1-28-21-16(10-14(23)11-17(21)24)22(27)25-15-7-8-19-18(12-15)26-20(29-19)9-13-5-3-2-4-6-13/h2-8,10-12H,9H2,1H3,(H,25,27). The van der Waals surface area contributed by atoms with Crippen LogP contribution in [0.3, 0.4) is 0 Å². The summed E-state index contributed by atoms with van der Waals surface area (Å²) in [5.74, 6) is 0.821. The number of carbonyl (C=O) groups is 1. The molecule has 29 heavy (non-hydrogen) atoms. The molecule has 4 rings (SSSR count). The number of halogens is 2. The topological polar surface area (TPSA) is 64.4 Å². The van der Waals surface area contributed by atoms with Crippen molar-refractivity contribution in [2.75, 3.05) is 12.4 Å². The molecule has 0 aliphatic carbocycles. The Kier molecular flexibility index (Phi) is 5.69. The van der Waals surface area contributed by atoms with Gasteiger partial charge >= 0.3 is 0 Å². The number of aromatic nitrogens is 1. The van der Waals surface area contributed by atoms with E-state index < -0.39 is 0 Å². The summed E-state index contributed by atoms with van der Waals surface area (Å²) < 4.78 is 12.7. The van der Waals surface area contributed by atoms with Crippen LogP contribution in [0.5, 0.6) is 5.75 Å². The van der Waals surface area contributed by atoms with Gasteiger partial charge in [0.2, 0.25) is 0 Å². The van der Waals surface area contributed by atoms with Crippen LogP contribution in [-0.4, -0.2) is 18.0 Å². The molecule has 0 atom stereocenters. The Morgan fingerprint density at radius 3 is 2.66 bits per heavy atom. The third kappa shape index (κ3) is 4.36. The molecule has 0 spiro atoms. The summed E-state index contributed by atoms with van der Waals surface area (Å²) in [7, 11) is 1.53. The summed E-state index contributed by atoms with van der Waals surface area (Å²) >= 11 is 6.82. The maximum absolute atomic E-state index is 12.8. The molecule has 1 N–H and O–H groups in total. The van der Waals surface area contributed by atoms with E-state index in [1.165, 1.54) is 7.11 Å². The molecule has 7 heteroatoms. The SMILES string of the molecule is COc1c(Br)cc(Br)cc1C(=O)Nc1ccc2oc(Cc3ccccc3)nc2c1. The number of benzene rings is 3. The van der Waals surface area contributed by atoms with Crippen molar-refractivity contribution in [3.63, 3.8) is 0 Å². The van der Waals surface area contributed by atoms with E-state index in [-0.39, 0.29) is 5.91 Å². The van der Waals surface area contributed by atoms with Gasteiger partial charge in [0, 0.05) is 16.6 Å². The minimum absolute atomic E-state index is 0.281. The van der Waals surface area contributed by atoms with Gasteiger partial charge in [-0.25, -0.2) is 4.98 Å². The van der Waals surface area contributed by atoms with E-state index in [0.717, 1.165) is 10.0 Å². The summed E-state index contributed by atoms with van der Waals surface area (Å²) in [4.78, 5) is 17.4. The fraction of sp³-hybridized carbons (Fsp3) is 0.0909. The number of oxazole rings is 1. The molecular formula is C22H16Br2N2O3. The Bertz CT molecular complexity index is 1190. The maximum atomic E-state index is 12.8. The summed E-state index contributed by atoms with van der Waals surface area (Å²) in [6, 6.07) is 18.9. The number of methoxy groups -OCH3 is 1. The zero-order valence-corrected chi connectivity index (χ0v) is 18.6. The molecule has 0 fully saturated rings. The highest BCUT2D eigenvalue weighted by atomic mass is 79.9. The van der Waals surface area contributed by atoms with Crippen LogP contribution in [0.15, 0.2) is 74.0 Å². The lowest BCUT2D eigenvalue weighted by Gasteiger charge is -2.11. The molecule has 0 saturated carbocycles. The minimum atomic E-state index is -0.281.